The highest BCUT2D eigenvalue weighted by Crippen LogP contribution is 2.09. The molecule has 0 radical (unpaired) electrons. The van der Waals surface area contributed by atoms with E-state index in [4.69, 9.17) is 5.73 Å². The van der Waals surface area contributed by atoms with Crippen LogP contribution in [-0.2, 0) is 9.59 Å². The molecule has 15 heavy (non-hydrogen) atoms. The van der Waals surface area contributed by atoms with Gasteiger partial charge in [-0.15, -0.1) is 0 Å². The lowest BCUT2D eigenvalue weighted by Gasteiger charge is -2.11. The molecule has 0 fully saturated rings. The molecule has 4 nitrogen and oxygen atoms in total. The number of para-hydroxylation sites is 1. The molecular formula is C11H14N2O2. The van der Waals surface area contributed by atoms with Gasteiger partial charge in [0, 0.05) is 5.69 Å². The summed E-state index contributed by atoms with van der Waals surface area (Å²) in [5.74, 6) is -1.70. The van der Waals surface area contributed by atoms with E-state index in [1.165, 1.54) is 0 Å². The largest absolute Gasteiger partial charge is 0.369 e. The molecule has 0 aliphatic heterocycles. The Hall–Kier alpha value is -1.84. The summed E-state index contributed by atoms with van der Waals surface area (Å²) < 4.78 is 0. The SMILES string of the molecule is CCC(C(N)=O)C(=O)Nc1ccccc1. The van der Waals surface area contributed by atoms with Crippen LogP contribution in [0.3, 0.4) is 0 Å². The van der Waals surface area contributed by atoms with Gasteiger partial charge in [-0.05, 0) is 18.6 Å². The van der Waals surface area contributed by atoms with E-state index in [2.05, 4.69) is 5.32 Å². The van der Waals surface area contributed by atoms with E-state index in [0.29, 0.717) is 12.1 Å². The lowest BCUT2D eigenvalue weighted by Crippen LogP contribution is -2.33. The predicted octanol–water partition coefficient (Wildman–Crippen LogP) is 1.14. The number of nitrogens with one attached hydrogen (secondary N) is 1. The van der Waals surface area contributed by atoms with Crippen LogP contribution in [0.25, 0.3) is 0 Å². The first-order valence-electron chi connectivity index (χ1n) is 4.80. The number of nitrogens with two attached hydrogens (primary N) is 1. The number of amides is 2. The van der Waals surface area contributed by atoms with Crippen molar-refractivity contribution < 1.29 is 9.59 Å². The normalized spacial score (nSPS) is 11.8. The third kappa shape index (κ3) is 3.09. The molecule has 0 aromatic heterocycles. The summed E-state index contributed by atoms with van der Waals surface area (Å²) in [6, 6.07) is 8.97. The number of benzene rings is 1. The third-order valence-electron chi connectivity index (χ3n) is 2.11. The maximum Gasteiger partial charge on any atom is 0.236 e. The molecule has 0 spiro atoms. The van der Waals surface area contributed by atoms with Crippen LogP contribution in [0.5, 0.6) is 0 Å². The Morgan fingerprint density at radius 1 is 1.33 bits per heavy atom. The minimum atomic E-state index is -0.759. The molecule has 0 aliphatic rings. The second kappa shape index (κ2) is 5.14. The van der Waals surface area contributed by atoms with Gasteiger partial charge in [0.15, 0.2) is 0 Å². The Labute approximate surface area is 88.5 Å². The van der Waals surface area contributed by atoms with Crippen LogP contribution in [0.1, 0.15) is 13.3 Å². The molecular weight excluding hydrogens is 192 g/mol. The smallest absolute Gasteiger partial charge is 0.236 e. The second-order valence-corrected chi connectivity index (χ2v) is 3.22. The fourth-order valence-electron chi connectivity index (χ4n) is 1.27. The zero-order chi connectivity index (χ0) is 11.3. The van der Waals surface area contributed by atoms with Gasteiger partial charge >= 0.3 is 0 Å². The van der Waals surface area contributed by atoms with Gasteiger partial charge in [-0.1, -0.05) is 25.1 Å². The number of rotatable bonds is 4. The highest BCUT2D eigenvalue weighted by Gasteiger charge is 2.21. The van der Waals surface area contributed by atoms with E-state index in [1.807, 2.05) is 6.07 Å². The van der Waals surface area contributed by atoms with Crippen molar-refractivity contribution in [1.29, 1.82) is 0 Å². The number of carbonyl (C=O) groups excluding carboxylic acids is 2. The average Bonchev–Trinajstić information content (AvgIpc) is 2.19. The van der Waals surface area contributed by atoms with Crippen LogP contribution in [0.4, 0.5) is 5.69 Å². The molecule has 2 amide bonds. The molecule has 4 heteroatoms. The van der Waals surface area contributed by atoms with Crippen LogP contribution in [0.2, 0.25) is 0 Å². The fourth-order valence-corrected chi connectivity index (χ4v) is 1.27. The van der Waals surface area contributed by atoms with Gasteiger partial charge in [0.1, 0.15) is 5.92 Å². The van der Waals surface area contributed by atoms with Gasteiger partial charge < -0.3 is 11.1 Å². The summed E-state index contributed by atoms with van der Waals surface area (Å²) >= 11 is 0. The third-order valence-corrected chi connectivity index (χ3v) is 2.11. The first kappa shape index (κ1) is 11.2. The molecule has 3 N–H and O–H groups in total. The highest BCUT2D eigenvalue weighted by molar-refractivity contribution is 6.05. The van der Waals surface area contributed by atoms with E-state index in [9.17, 15) is 9.59 Å². The van der Waals surface area contributed by atoms with Crippen LogP contribution in [0, 0.1) is 5.92 Å². The number of anilines is 1. The number of hydrogen-bond acceptors (Lipinski definition) is 2. The van der Waals surface area contributed by atoms with Crippen molar-refractivity contribution in [3.8, 4) is 0 Å². The van der Waals surface area contributed by atoms with Crippen LogP contribution < -0.4 is 11.1 Å². The summed E-state index contributed by atoms with van der Waals surface area (Å²) in [5.41, 5.74) is 5.77. The molecule has 0 bridgehead atoms. The van der Waals surface area contributed by atoms with Crippen molar-refractivity contribution >= 4 is 17.5 Å². The van der Waals surface area contributed by atoms with Crippen LogP contribution in [0.15, 0.2) is 30.3 Å². The van der Waals surface area contributed by atoms with E-state index in [1.54, 1.807) is 31.2 Å². The van der Waals surface area contributed by atoms with E-state index in [-0.39, 0.29) is 5.91 Å². The molecule has 1 aromatic rings. The van der Waals surface area contributed by atoms with Crippen LogP contribution in [-0.4, -0.2) is 11.8 Å². The first-order valence-corrected chi connectivity index (χ1v) is 4.80. The van der Waals surface area contributed by atoms with Crippen molar-refractivity contribution in [2.24, 2.45) is 11.7 Å². The molecule has 1 aromatic carbocycles. The van der Waals surface area contributed by atoms with Crippen molar-refractivity contribution in [2.75, 3.05) is 5.32 Å². The summed E-state index contributed by atoms with van der Waals surface area (Å²) in [7, 11) is 0. The van der Waals surface area contributed by atoms with E-state index < -0.39 is 11.8 Å². The number of carbonyl (C=O) groups is 2. The summed E-state index contributed by atoms with van der Waals surface area (Å²) in [4.78, 5) is 22.5. The number of primary amides is 1. The molecule has 1 unspecified atom stereocenters. The lowest BCUT2D eigenvalue weighted by atomic mass is 10.1. The Balaban J connectivity index is 2.66. The van der Waals surface area contributed by atoms with Crippen molar-refractivity contribution in [3.05, 3.63) is 30.3 Å². The lowest BCUT2D eigenvalue weighted by molar-refractivity contribution is -0.130. The molecule has 0 heterocycles. The molecule has 80 valence electrons. The summed E-state index contributed by atoms with van der Waals surface area (Å²) in [6.07, 6.45) is 0.411. The zero-order valence-electron chi connectivity index (χ0n) is 8.57. The Kier molecular flexibility index (Phi) is 3.85. The monoisotopic (exact) mass is 206 g/mol. The minimum Gasteiger partial charge on any atom is -0.369 e. The quantitative estimate of drug-likeness (QED) is 0.725. The van der Waals surface area contributed by atoms with E-state index >= 15 is 0 Å². The van der Waals surface area contributed by atoms with Crippen molar-refractivity contribution in [3.63, 3.8) is 0 Å². The molecule has 0 saturated carbocycles. The minimum absolute atomic E-state index is 0.351. The highest BCUT2D eigenvalue weighted by atomic mass is 16.2. The fraction of sp³-hybridized carbons (Fsp3) is 0.273. The zero-order valence-corrected chi connectivity index (χ0v) is 8.57. The average molecular weight is 206 g/mol. The second-order valence-electron chi connectivity index (χ2n) is 3.22. The molecule has 1 rings (SSSR count). The topological polar surface area (TPSA) is 72.2 Å². The van der Waals surface area contributed by atoms with Gasteiger partial charge in [-0.25, -0.2) is 0 Å². The summed E-state index contributed by atoms with van der Waals surface area (Å²) in [5, 5.41) is 2.63. The summed E-state index contributed by atoms with van der Waals surface area (Å²) in [6.45, 7) is 1.75. The Bertz CT molecular complexity index is 349. The Morgan fingerprint density at radius 2 is 1.93 bits per heavy atom. The molecule has 1 atom stereocenters. The van der Waals surface area contributed by atoms with Crippen molar-refractivity contribution in [2.45, 2.75) is 13.3 Å². The molecule has 0 saturated heterocycles. The maximum absolute atomic E-state index is 11.6. The molecule has 0 aliphatic carbocycles. The maximum atomic E-state index is 11.6. The van der Waals surface area contributed by atoms with Gasteiger partial charge in [0.2, 0.25) is 11.8 Å². The van der Waals surface area contributed by atoms with Gasteiger partial charge in [0.05, 0.1) is 0 Å². The first-order chi connectivity index (χ1) is 7.15. The van der Waals surface area contributed by atoms with Crippen molar-refractivity contribution in [1.82, 2.24) is 0 Å². The van der Waals surface area contributed by atoms with Gasteiger partial charge in [-0.2, -0.15) is 0 Å². The standard InChI is InChI=1S/C11H14N2O2/c1-2-9(10(12)14)11(15)13-8-6-4-3-5-7-8/h3-7,9H,2H2,1H3,(H2,12,14)(H,13,15). The van der Waals surface area contributed by atoms with E-state index in [0.717, 1.165) is 0 Å². The van der Waals surface area contributed by atoms with Crippen LogP contribution >= 0.6 is 0 Å². The predicted molar refractivity (Wildman–Crippen MR) is 58.0 cm³/mol. The van der Waals surface area contributed by atoms with Gasteiger partial charge in [-0.3, -0.25) is 9.59 Å². The van der Waals surface area contributed by atoms with Gasteiger partial charge in [0.25, 0.3) is 0 Å². The Morgan fingerprint density at radius 3 is 2.40 bits per heavy atom. The number of hydrogen-bond donors (Lipinski definition) is 2.